The van der Waals surface area contributed by atoms with Crippen LogP contribution in [0.3, 0.4) is 0 Å². The second kappa shape index (κ2) is 11.0. The van der Waals surface area contributed by atoms with Crippen molar-refractivity contribution in [3.63, 3.8) is 0 Å². The first-order chi connectivity index (χ1) is 13.2. The standard InChI is InChI=1S/C24H40O3Si/c1-10-12-17-24(11-2,26-18-22-13-15-23(25-9)16-14-22)27-28(19(3)4,20(5)6)21(7)8/h13-16,19-21H,10-11,18H2,1-9H3. The molecule has 0 amide bonds. The summed E-state index contributed by atoms with van der Waals surface area (Å²) < 4.78 is 18.7. The summed E-state index contributed by atoms with van der Waals surface area (Å²) in [6, 6.07) is 7.98. The van der Waals surface area contributed by atoms with Crippen molar-refractivity contribution >= 4 is 8.32 Å². The van der Waals surface area contributed by atoms with Crippen LogP contribution in [0.2, 0.25) is 16.6 Å². The molecule has 1 atom stereocenters. The highest BCUT2D eigenvalue weighted by molar-refractivity contribution is 6.77. The fraction of sp³-hybridized carbons (Fsp3) is 0.667. The number of hydrogen-bond donors (Lipinski definition) is 0. The molecule has 1 rings (SSSR count). The van der Waals surface area contributed by atoms with E-state index >= 15 is 0 Å². The van der Waals surface area contributed by atoms with E-state index in [1.54, 1.807) is 7.11 Å². The van der Waals surface area contributed by atoms with Gasteiger partial charge in [0.05, 0.1) is 13.7 Å². The SMILES string of the molecule is CCC#CC(CC)(OCc1ccc(OC)cc1)O[Si](C(C)C)(C(C)C)C(C)C. The molecule has 0 bridgehead atoms. The van der Waals surface area contributed by atoms with E-state index in [-0.39, 0.29) is 0 Å². The van der Waals surface area contributed by atoms with E-state index in [9.17, 15) is 0 Å². The Morgan fingerprint density at radius 3 is 1.86 bits per heavy atom. The van der Waals surface area contributed by atoms with E-state index in [1.807, 2.05) is 24.3 Å². The molecule has 1 aromatic rings. The quantitative estimate of drug-likeness (QED) is 0.240. The molecule has 4 heteroatoms. The van der Waals surface area contributed by atoms with E-state index in [4.69, 9.17) is 13.9 Å². The van der Waals surface area contributed by atoms with Gasteiger partial charge in [0.1, 0.15) is 5.75 Å². The summed E-state index contributed by atoms with van der Waals surface area (Å²) in [7, 11) is -0.458. The van der Waals surface area contributed by atoms with Gasteiger partial charge in [0.2, 0.25) is 14.1 Å². The van der Waals surface area contributed by atoms with Crippen LogP contribution in [0.1, 0.15) is 73.8 Å². The van der Waals surface area contributed by atoms with Crippen molar-refractivity contribution in [1.29, 1.82) is 0 Å². The average Bonchev–Trinajstić information content (AvgIpc) is 2.67. The summed E-state index contributed by atoms with van der Waals surface area (Å²) in [6.45, 7) is 18.4. The second-order valence-corrected chi connectivity index (χ2v) is 13.7. The molecule has 158 valence electrons. The van der Waals surface area contributed by atoms with E-state index < -0.39 is 14.1 Å². The molecular weight excluding hydrogens is 364 g/mol. The van der Waals surface area contributed by atoms with Crippen molar-refractivity contribution in [2.75, 3.05) is 7.11 Å². The van der Waals surface area contributed by atoms with Crippen molar-refractivity contribution in [2.45, 2.75) is 97.2 Å². The third-order valence-corrected chi connectivity index (χ3v) is 11.7. The van der Waals surface area contributed by atoms with Crippen LogP contribution in [-0.4, -0.2) is 21.2 Å². The molecule has 0 heterocycles. The molecule has 1 unspecified atom stereocenters. The summed E-state index contributed by atoms with van der Waals surface area (Å²) in [6.07, 6.45) is 1.49. The van der Waals surface area contributed by atoms with Crippen LogP contribution >= 0.6 is 0 Å². The summed E-state index contributed by atoms with van der Waals surface area (Å²) in [5.41, 5.74) is 2.52. The van der Waals surface area contributed by atoms with Crippen LogP contribution in [-0.2, 0) is 15.8 Å². The maximum Gasteiger partial charge on any atom is 0.224 e. The van der Waals surface area contributed by atoms with Crippen LogP contribution < -0.4 is 4.74 Å². The Hall–Kier alpha value is -1.28. The first-order valence-electron chi connectivity index (χ1n) is 10.6. The molecular formula is C24H40O3Si. The summed E-state index contributed by atoms with van der Waals surface area (Å²) in [5, 5.41) is 0. The normalized spacial score (nSPS) is 14.1. The Balaban J connectivity index is 3.23. The van der Waals surface area contributed by atoms with Crippen molar-refractivity contribution in [3.05, 3.63) is 29.8 Å². The molecule has 0 spiro atoms. The van der Waals surface area contributed by atoms with Crippen molar-refractivity contribution < 1.29 is 13.9 Å². The van der Waals surface area contributed by atoms with Gasteiger partial charge >= 0.3 is 0 Å². The van der Waals surface area contributed by atoms with Gasteiger partial charge in [0.25, 0.3) is 0 Å². The number of hydrogen-bond acceptors (Lipinski definition) is 3. The van der Waals surface area contributed by atoms with Gasteiger partial charge in [-0.3, -0.25) is 0 Å². The molecule has 0 saturated carbocycles. The van der Waals surface area contributed by atoms with Gasteiger partial charge in [0.15, 0.2) is 0 Å². The van der Waals surface area contributed by atoms with Gasteiger partial charge < -0.3 is 13.9 Å². The minimum Gasteiger partial charge on any atom is -0.497 e. The van der Waals surface area contributed by atoms with Crippen molar-refractivity contribution in [3.8, 4) is 17.6 Å². The number of benzene rings is 1. The minimum atomic E-state index is -2.13. The second-order valence-electron chi connectivity index (χ2n) is 8.32. The maximum atomic E-state index is 7.05. The van der Waals surface area contributed by atoms with Crippen LogP contribution in [0.5, 0.6) is 5.75 Å². The predicted octanol–water partition coefficient (Wildman–Crippen LogP) is 6.92. The van der Waals surface area contributed by atoms with Gasteiger partial charge in [-0.15, -0.1) is 0 Å². The van der Waals surface area contributed by atoms with Gasteiger partial charge in [0, 0.05) is 12.8 Å². The van der Waals surface area contributed by atoms with E-state index in [1.165, 1.54) is 0 Å². The summed E-state index contributed by atoms with van der Waals surface area (Å²) in [4.78, 5) is 0. The third kappa shape index (κ3) is 5.86. The lowest BCUT2D eigenvalue weighted by molar-refractivity contribution is -0.159. The predicted molar refractivity (Wildman–Crippen MR) is 121 cm³/mol. The summed E-state index contributed by atoms with van der Waals surface area (Å²) in [5.74, 6) is 6.58. The fourth-order valence-electron chi connectivity index (χ4n) is 4.14. The monoisotopic (exact) mass is 404 g/mol. The van der Waals surface area contributed by atoms with Crippen LogP contribution in [0.15, 0.2) is 24.3 Å². The number of methoxy groups -OCH3 is 1. The fourth-order valence-corrected chi connectivity index (χ4v) is 9.67. The number of rotatable bonds is 10. The zero-order chi connectivity index (χ0) is 21.4. The van der Waals surface area contributed by atoms with Gasteiger partial charge in [-0.05, 0) is 40.2 Å². The topological polar surface area (TPSA) is 27.7 Å². The molecule has 0 aliphatic carbocycles. The smallest absolute Gasteiger partial charge is 0.224 e. The van der Waals surface area contributed by atoms with E-state index in [0.29, 0.717) is 29.7 Å². The summed E-state index contributed by atoms with van der Waals surface area (Å²) >= 11 is 0. The Morgan fingerprint density at radius 1 is 0.929 bits per heavy atom. The molecule has 0 N–H and O–H groups in total. The van der Waals surface area contributed by atoms with Gasteiger partial charge in [-0.2, -0.15) is 0 Å². The number of ether oxygens (including phenoxy) is 2. The lowest BCUT2D eigenvalue weighted by Crippen LogP contribution is -2.55. The zero-order valence-electron chi connectivity index (χ0n) is 19.4. The van der Waals surface area contributed by atoms with Gasteiger partial charge in [-0.1, -0.05) is 73.4 Å². The van der Waals surface area contributed by atoms with Gasteiger partial charge in [-0.25, -0.2) is 0 Å². The highest BCUT2D eigenvalue weighted by Gasteiger charge is 2.50. The molecule has 0 radical (unpaired) electrons. The molecule has 28 heavy (non-hydrogen) atoms. The zero-order valence-corrected chi connectivity index (χ0v) is 20.4. The molecule has 1 aromatic carbocycles. The molecule has 0 aromatic heterocycles. The average molecular weight is 405 g/mol. The molecule has 0 aliphatic rings. The highest BCUT2D eigenvalue weighted by Crippen LogP contribution is 2.45. The first-order valence-corrected chi connectivity index (χ1v) is 12.8. The lowest BCUT2D eigenvalue weighted by Gasteiger charge is -2.47. The lowest BCUT2D eigenvalue weighted by atomic mass is 10.2. The Kier molecular flexibility index (Phi) is 9.76. The first kappa shape index (κ1) is 24.8. The van der Waals surface area contributed by atoms with Crippen LogP contribution in [0.4, 0.5) is 0 Å². The maximum absolute atomic E-state index is 7.05. The molecule has 0 saturated heterocycles. The molecule has 0 fully saturated rings. The Morgan fingerprint density at radius 2 is 1.46 bits per heavy atom. The van der Waals surface area contributed by atoms with E-state index in [2.05, 4.69) is 67.2 Å². The Bertz CT molecular complexity index is 618. The van der Waals surface area contributed by atoms with Crippen LogP contribution in [0.25, 0.3) is 0 Å². The minimum absolute atomic E-state index is 0.467. The van der Waals surface area contributed by atoms with Crippen LogP contribution in [0, 0.1) is 11.8 Å². The molecule has 0 aliphatic heterocycles. The highest BCUT2D eigenvalue weighted by atomic mass is 28.4. The van der Waals surface area contributed by atoms with Crippen molar-refractivity contribution in [2.24, 2.45) is 0 Å². The third-order valence-electron chi connectivity index (χ3n) is 5.60. The largest absolute Gasteiger partial charge is 0.497 e. The van der Waals surface area contributed by atoms with E-state index in [0.717, 1.165) is 17.7 Å². The molecule has 3 nitrogen and oxygen atoms in total. The Labute approximate surface area is 174 Å². The van der Waals surface area contributed by atoms with Crippen molar-refractivity contribution in [1.82, 2.24) is 0 Å².